The van der Waals surface area contributed by atoms with Crippen LogP contribution in [0.5, 0.6) is 0 Å². The molecule has 2 aromatic rings. The summed E-state index contributed by atoms with van der Waals surface area (Å²) in [6.45, 7) is 3.42. The van der Waals surface area contributed by atoms with Gasteiger partial charge in [0.25, 0.3) is 0 Å². The molecule has 0 radical (unpaired) electrons. The van der Waals surface area contributed by atoms with Gasteiger partial charge in [0.1, 0.15) is 0 Å². The van der Waals surface area contributed by atoms with Gasteiger partial charge >= 0.3 is 0 Å². The van der Waals surface area contributed by atoms with E-state index in [1.807, 2.05) is 12.1 Å². The topological polar surface area (TPSA) is 81.1 Å². The zero-order valence-electron chi connectivity index (χ0n) is 11.3. The molecule has 5 N–H and O–H groups in total. The van der Waals surface area contributed by atoms with E-state index in [9.17, 15) is 4.79 Å². The molecule has 2 aromatic carbocycles. The van der Waals surface area contributed by atoms with E-state index in [1.165, 1.54) is 6.08 Å². The fourth-order valence-electron chi connectivity index (χ4n) is 2.01. The lowest BCUT2D eigenvalue weighted by Crippen LogP contribution is -2.15. The number of carbonyl (C=O) groups excluding carboxylic acids is 1. The summed E-state index contributed by atoms with van der Waals surface area (Å²) in [7, 11) is 0. The molecule has 1 atom stereocenters. The Labute approximate surface area is 128 Å². The predicted octanol–water partition coefficient (Wildman–Crippen LogP) is 3.09. The number of amides is 1. The summed E-state index contributed by atoms with van der Waals surface area (Å²) in [5.74, 6) is -0.272. The number of anilines is 2. The summed E-state index contributed by atoms with van der Waals surface area (Å²) in [5, 5.41) is 3.26. The molecule has 0 spiro atoms. The Kier molecular flexibility index (Phi) is 4.62. The van der Waals surface area contributed by atoms with E-state index >= 15 is 0 Å². The largest absolute Gasteiger partial charge is 0.398 e. The monoisotopic (exact) mass is 301 g/mol. The standard InChI is InChI=1S/C16H16ClN3O/c1-2-15(21)20-12-5-3-4-10(8-12)16(19)13-7-6-11(17)9-14(13)18/h2-9,16H,1,18-19H2,(H,20,21). The van der Waals surface area contributed by atoms with Crippen molar-refractivity contribution in [1.82, 2.24) is 0 Å². The number of nitrogens with one attached hydrogen (secondary N) is 1. The molecular formula is C16H16ClN3O. The number of hydrogen-bond donors (Lipinski definition) is 3. The van der Waals surface area contributed by atoms with Gasteiger partial charge in [-0.1, -0.05) is 36.4 Å². The molecule has 4 nitrogen and oxygen atoms in total. The second-order valence-electron chi connectivity index (χ2n) is 4.57. The number of hydrogen-bond acceptors (Lipinski definition) is 3. The molecule has 0 saturated carbocycles. The minimum atomic E-state index is -0.400. The van der Waals surface area contributed by atoms with Crippen LogP contribution in [0.4, 0.5) is 11.4 Å². The van der Waals surface area contributed by atoms with E-state index in [2.05, 4.69) is 11.9 Å². The zero-order chi connectivity index (χ0) is 15.4. The van der Waals surface area contributed by atoms with Crippen molar-refractivity contribution in [2.45, 2.75) is 6.04 Å². The molecule has 0 fully saturated rings. The molecule has 0 heterocycles. The first-order valence-electron chi connectivity index (χ1n) is 6.35. The average Bonchev–Trinajstić information content (AvgIpc) is 2.47. The van der Waals surface area contributed by atoms with Crippen molar-refractivity contribution in [2.75, 3.05) is 11.1 Å². The molecule has 0 aromatic heterocycles. The van der Waals surface area contributed by atoms with Crippen molar-refractivity contribution >= 4 is 28.9 Å². The summed E-state index contributed by atoms with van der Waals surface area (Å²) in [6, 6.07) is 12.1. The smallest absolute Gasteiger partial charge is 0.247 e. The van der Waals surface area contributed by atoms with Gasteiger partial charge in [-0.15, -0.1) is 0 Å². The van der Waals surface area contributed by atoms with Crippen molar-refractivity contribution < 1.29 is 4.79 Å². The fourth-order valence-corrected chi connectivity index (χ4v) is 2.19. The van der Waals surface area contributed by atoms with Crippen LogP contribution in [-0.2, 0) is 4.79 Å². The van der Waals surface area contributed by atoms with Gasteiger partial charge in [0.05, 0.1) is 6.04 Å². The number of rotatable bonds is 4. The van der Waals surface area contributed by atoms with E-state index in [0.29, 0.717) is 16.4 Å². The maximum atomic E-state index is 11.3. The molecule has 2 rings (SSSR count). The maximum Gasteiger partial charge on any atom is 0.247 e. The number of nitrogen functional groups attached to an aromatic ring is 1. The summed E-state index contributed by atoms with van der Waals surface area (Å²) in [4.78, 5) is 11.3. The fraction of sp³-hybridized carbons (Fsp3) is 0.0625. The van der Waals surface area contributed by atoms with Crippen LogP contribution in [0.15, 0.2) is 55.1 Å². The van der Waals surface area contributed by atoms with Crippen LogP contribution in [0.25, 0.3) is 0 Å². The molecule has 0 aliphatic rings. The Bertz CT molecular complexity index is 685. The Morgan fingerprint density at radius 3 is 2.71 bits per heavy atom. The van der Waals surface area contributed by atoms with E-state index in [1.54, 1.807) is 30.3 Å². The predicted molar refractivity (Wildman–Crippen MR) is 87.2 cm³/mol. The van der Waals surface area contributed by atoms with E-state index < -0.39 is 6.04 Å². The first-order valence-corrected chi connectivity index (χ1v) is 6.73. The number of carbonyl (C=O) groups is 1. The van der Waals surface area contributed by atoms with Gasteiger partial charge in [-0.2, -0.15) is 0 Å². The molecule has 0 saturated heterocycles. The Morgan fingerprint density at radius 1 is 1.29 bits per heavy atom. The molecule has 0 bridgehead atoms. The van der Waals surface area contributed by atoms with Crippen LogP contribution in [0.1, 0.15) is 17.2 Å². The quantitative estimate of drug-likeness (QED) is 0.599. The van der Waals surface area contributed by atoms with Gasteiger partial charge in [0, 0.05) is 16.4 Å². The van der Waals surface area contributed by atoms with Gasteiger partial charge in [-0.05, 0) is 41.5 Å². The van der Waals surface area contributed by atoms with Crippen LogP contribution in [0, 0.1) is 0 Å². The minimum absolute atomic E-state index is 0.272. The summed E-state index contributed by atoms with van der Waals surface area (Å²) < 4.78 is 0. The highest BCUT2D eigenvalue weighted by atomic mass is 35.5. The third-order valence-electron chi connectivity index (χ3n) is 3.08. The van der Waals surface area contributed by atoms with E-state index in [0.717, 1.165) is 11.1 Å². The van der Waals surface area contributed by atoms with E-state index in [-0.39, 0.29) is 5.91 Å². The first-order chi connectivity index (χ1) is 10.0. The lowest BCUT2D eigenvalue weighted by atomic mass is 9.98. The average molecular weight is 302 g/mol. The molecule has 1 unspecified atom stereocenters. The van der Waals surface area contributed by atoms with Crippen LogP contribution >= 0.6 is 11.6 Å². The van der Waals surface area contributed by atoms with Crippen molar-refractivity contribution in [1.29, 1.82) is 0 Å². The van der Waals surface area contributed by atoms with Gasteiger partial charge in [-0.3, -0.25) is 4.79 Å². The lowest BCUT2D eigenvalue weighted by molar-refractivity contribution is -0.111. The highest BCUT2D eigenvalue weighted by Gasteiger charge is 2.13. The maximum absolute atomic E-state index is 11.3. The molecule has 21 heavy (non-hydrogen) atoms. The van der Waals surface area contributed by atoms with Crippen molar-refractivity contribution in [3.05, 3.63) is 71.3 Å². The highest BCUT2D eigenvalue weighted by molar-refractivity contribution is 6.30. The van der Waals surface area contributed by atoms with Crippen molar-refractivity contribution in [2.24, 2.45) is 5.73 Å². The van der Waals surface area contributed by atoms with Gasteiger partial charge in [0.2, 0.25) is 5.91 Å². The molecule has 1 amide bonds. The Balaban J connectivity index is 2.30. The van der Waals surface area contributed by atoms with Gasteiger partial charge < -0.3 is 16.8 Å². The molecule has 0 aliphatic heterocycles. The third kappa shape index (κ3) is 3.62. The summed E-state index contributed by atoms with van der Waals surface area (Å²) >= 11 is 5.89. The zero-order valence-corrected chi connectivity index (χ0v) is 12.1. The molecule has 108 valence electrons. The second-order valence-corrected chi connectivity index (χ2v) is 5.01. The normalized spacial score (nSPS) is 11.7. The number of benzene rings is 2. The molecule has 0 aliphatic carbocycles. The van der Waals surface area contributed by atoms with Gasteiger partial charge in [-0.25, -0.2) is 0 Å². The first kappa shape index (κ1) is 15.1. The SMILES string of the molecule is C=CC(=O)Nc1cccc(C(N)c2ccc(Cl)cc2N)c1. The Hall–Kier alpha value is -2.30. The van der Waals surface area contributed by atoms with Crippen LogP contribution in [0.3, 0.4) is 0 Å². The number of halogens is 1. The Morgan fingerprint density at radius 2 is 2.05 bits per heavy atom. The van der Waals surface area contributed by atoms with Crippen LogP contribution < -0.4 is 16.8 Å². The molecule has 5 heteroatoms. The molecular weight excluding hydrogens is 286 g/mol. The lowest BCUT2D eigenvalue weighted by Gasteiger charge is -2.16. The van der Waals surface area contributed by atoms with Crippen molar-refractivity contribution in [3.8, 4) is 0 Å². The highest BCUT2D eigenvalue weighted by Crippen LogP contribution is 2.28. The third-order valence-corrected chi connectivity index (χ3v) is 3.32. The van der Waals surface area contributed by atoms with E-state index in [4.69, 9.17) is 23.1 Å². The second kappa shape index (κ2) is 6.43. The van der Waals surface area contributed by atoms with Crippen LogP contribution in [0.2, 0.25) is 5.02 Å². The minimum Gasteiger partial charge on any atom is -0.398 e. The summed E-state index contributed by atoms with van der Waals surface area (Å²) in [6.07, 6.45) is 1.21. The van der Waals surface area contributed by atoms with Crippen LogP contribution in [-0.4, -0.2) is 5.91 Å². The van der Waals surface area contributed by atoms with Gasteiger partial charge in [0.15, 0.2) is 0 Å². The summed E-state index contributed by atoms with van der Waals surface area (Å²) in [5.41, 5.74) is 15.0. The number of nitrogens with two attached hydrogens (primary N) is 2. The van der Waals surface area contributed by atoms with Crippen molar-refractivity contribution in [3.63, 3.8) is 0 Å².